The summed E-state index contributed by atoms with van der Waals surface area (Å²) in [4.78, 5) is 11.5. The monoisotopic (exact) mass is 361 g/mol. The Hall–Kier alpha value is -0.920. The molecule has 1 fully saturated rings. The predicted molar refractivity (Wildman–Crippen MR) is 77.9 cm³/mol. The van der Waals surface area contributed by atoms with Gasteiger partial charge in [-0.05, 0) is 40.9 Å². The van der Waals surface area contributed by atoms with Gasteiger partial charge in [0.1, 0.15) is 0 Å². The van der Waals surface area contributed by atoms with E-state index < -0.39 is 21.4 Å². The first-order valence-electron chi connectivity index (χ1n) is 6.35. The van der Waals surface area contributed by atoms with Gasteiger partial charge in [0.15, 0.2) is 0 Å². The molecule has 0 aliphatic heterocycles. The summed E-state index contributed by atoms with van der Waals surface area (Å²) in [6.45, 7) is -0.0635. The lowest BCUT2D eigenvalue weighted by Crippen LogP contribution is -2.41. The normalized spacial score (nSPS) is 18.1. The van der Waals surface area contributed by atoms with Gasteiger partial charge in [-0.1, -0.05) is 25.0 Å². The Kier molecular flexibility index (Phi) is 4.51. The number of carboxylic acid groups (broad SMARTS) is 1. The van der Waals surface area contributed by atoms with Gasteiger partial charge in [0.25, 0.3) is 0 Å². The van der Waals surface area contributed by atoms with E-state index in [1.54, 1.807) is 18.2 Å². The minimum absolute atomic E-state index is 0.0635. The molecule has 0 amide bonds. The van der Waals surface area contributed by atoms with Crippen molar-refractivity contribution in [1.82, 2.24) is 4.72 Å². The number of aliphatic carboxylic acids is 1. The van der Waals surface area contributed by atoms with E-state index in [1.807, 2.05) is 0 Å². The van der Waals surface area contributed by atoms with E-state index in [9.17, 15) is 18.3 Å². The molecule has 0 bridgehead atoms. The number of carbonyl (C=O) groups is 1. The molecule has 1 aromatic carbocycles. The van der Waals surface area contributed by atoms with Crippen LogP contribution in [0.5, 0.6) is 0 Å². The second-order valence-corrected chi connectivity index (χ2v) is 7.64. The number of sulfonamides is 1. The molecule has 2 N–H and O–H groups in total. The van der Waals surface area contributed by atoms with E-state index in [0.717, 1.165) is 12.8 Å². The fourth-order valence-corrected chi connectivity index (χ4v) is 4.62. The molecule has 110 valence electrons. The third kappa shape index (κ3) is 3.05. The maximum Gasteiger partial charge on any atom is 0.310 e. The van der Waals surface area contributed by atoms with Gasteiger partial charge in [-0.3, -0.25) is 4.79 Å². The molecule has 0 atom stereocenters. The summed E-state index contributed by atoms with van der Waals surface area (Å²) in [5.74, 6) is -0.926. The standard InChI is InChI=1S/C13H16BrNO4S/c14-10-5-1-2-6-11(10)20(18,19)15-9-13(12(16)17)7-3-4-8-13/h1-2,5-6,15H,3-4,7-9H2,(H,16,17). The predicted octanol–water partition coefficient (Wildman–Crippen LogP) is 2.37. The lowest BCUT2D eigenvalue weighted by Gasteiger charge is -2.24. The average molecular weight is 362 g/mol. The first kappa shape index (κ1) is 15.5. The topological polar surface area (TPSA) is 83.5 Å². The molecule has 0 unspecified atom stereocenters. The molecule has 0 spiro atoms. The fourth-order valence-electron chi connectivity index (χ4n) is 2.49. The number of halogens is 1. The van der Waals surface area contributed by atoms with Gasteiger partial charge in [0.2, 0.25) is 10.0 Å². The number of rotatable bonds is 5. The van der Waals surface area contributed by atoms with Gasteiger partial charge in [0, 0.05) is 11.0 Å². The number of nitrogens with one attached hydrogen (secondary N) is 1. The molecule has 0 heterocycles. The Morgan fingerprint density at radius 1 is 1.30 bits per heavy atom. The second-order valence-electron chi connectivity index (χ2n) is 5.05. The van der Waals surface area contributed by atoms with Crippen molar-refractivity contribution in [1.29, 1.82) is 0 Å². The highest BCUT2D eigenvalue weighted by atomic mass is 79.9. The highest BCUT2D eigenvalue weighted by molar-refractivity contribution is 9.10. The molecule has 0 saturated heterocycles. The van der Waals surface area contributed by atoms with E-state index in [-0.39, 0.29) is 11.4 Å². The van der Waals surface area contributed by atoms with Crippen molar-refractivity contribution in [2.75, 3.05) is 6.54 Å². The van der Waals surface area contributed by atoms with Gasteiger partial charge in [-0.2, -0.15) is 0 Å². The lowest BCUT2D eigenvalue weighted by atomic mass is 9.87. The van der Waals surface area contributed by atoms with Crippen LogP contribution in [0.2, 0.25) is 0 Å². The molecule has 2 rings (SSSR count). The van der Waals surface area contributed by atoms with Crippen molar-refractivity contribution < 1.29 is 18.3 Å². The number of hydrogen-bond acceptors (Lipinski definition) is 3. The Morgan fingerprint density at radius 3 is 2.45 bits per heavy atom. The van der Waals surface area contributed by atoms with Gasteiger partial charge in [0.05, 0.1) is 10.3 Å². The molecule has 1 aromatic rings. The Labute approximate surface area is 126 Å². The Bertz CT molecular complexity index is 609. The first-order chi connectivity index (χ1) is 9.37. The minimum Gasteiger partial charge on any atom is -0.481 e. The summed E-state index contributed by atoms with van der Waals surface area (Å²) in [7, 11) is -3.71. The Morgan fingerprint density at radius 2 is 1.90 bits per heavy atom. The van der Waals surface area contributed by atoms with Crippen LogP contribution in [-0.4, -0.2) is 26.0 Å². The average Bonchev–Trinajstić information content (AvgIpc) is 2.87. The summed E-state index contributed by atoms with van der Waals surface area (Å²) >= 11 is 3.19. The number of carboxylic acids is 1. The van der Waals surface area contributed by atoms with Crippen molar-refractivity contribution in [3.63, 3.8) is 0 Å². The van der Waals surface area contributed by atoms with Crippen LogP contribution in [0.1, 0.15) is 25.7 Å². The molecule has 20 heavy (non-hydrogen) atoms. The van der Waals surface area contributed by atoms with Crippen LogP contribution in [0.15, 0.2) is 33.6 Å². The smallest absolute Gasteiger partial charge is 0.310 e. The van der Waals surface area contributed by atoms with Crippen LogP contribution in [0.3, 0.4) is 0 Å². The second kappa shape index (κ2) is 5.83. The zero-order valence-corrected chi connectivity index (χ0v) is 13.2. The molecule has 1 aliphatic rings. The lowest BCUT2D eigenvalue weighted by molar-refractivity contribution is -0.148. The fraction of sp³-hybridized carbons (Fsp3) is 0.462. The molecular weight excluding hydrogens is 346 g/mol. The van der Waals surface area contributed by atoms with Gasteiger partial charge >= 0.3 is 5.97 Å². The molecule has 1 saturated carbocycles. The van der Waals surface area contributed by atoms with Crippen LogP contribution in [-0.2, 0) is 14.8 Å². The summed E-state index contributed by atoms with van der Waals surface area (Å²) in [6, 6.07) is 6.46. The molecule has 1 aliphatic carbocycles. The van der Waals surface area contributed by atoms with Crippen LogP contribution < -0.4 is 4.72 Å². The summed E-state index contributed by atoms with van der Waals surface area (Å²) in [5, 5.41) is 9.34. The summed E-state index contributed by atoms with van der Waals surface area (Å²) in [6.07, 6.45) is 2.67. The van der Waals surface area contributed by atoms with Gasteiger partial charge in [-0.15, -0.1) is 0 Å². The SMILES string of the molecule is O=C(O)C1(CNS(=O)(=O)c2ccccc2Br)CCCC1. The highest BCUT2D eigenvalue weighted by Gasteiger charge is 2.42. The van der Waals surface area contributed by atoms with Crippen molar-refractivity contribution in [3.8, 4) is 0 Å². The maximum absolute atomic E-state index is 12.2. The Balaban J connectivity index is 2.18. The maximum atomic E-state index is 12.2. The third-order valence-corrected chi connectivity index (χ3v) is 6.15. The van der Waals surface area contributed by atoms with Crippen LogP contribution in [0.25, 0.3) is 0 Å². The van der Waals surface area contributed by atoms with E-state index in [4.69, 9.17) is 0 Å². The van der Waals surface area contributed by atoms with Crippen LogP contribution >= 0.6 is 15.9 Å². The number of hydrogen-bond donors (Lipinski definition) is 2. The van der Waals surface area contributed by atoms with Crippen LogP contribution in [0, 0.1) is 5.41 Å². The first-order valence-corrected chi connectivity index (χ1v) is 8.63. The largest absolute Gasteiger partial charge is 0.481 e. The van der Waals surface area contributed by atoms with Crippen molar-refractivity contribution in [3.05, 3.63) is 28.7 Å². The number of benzene rings is 1. The third-order valence-electron chi connectivity index (χ3n) is 3.74. The van der Waals surface area contributed by atoms with E-state index in [0.29, 0.717) is 17.3 Å². The molecular formula is C13H16BrNO4S. The highest BCUT2D eigenvalue weighted by Crippen LogP contribution is 2.38. The van der Waals surface area contributed by atoms with Crippen LogP contribution in [0.4, 0.5) is 0 Å². The van der Waals surface area contributed by atoms with E-state index in [2.05, 4.69) is 20.7 Å². The molecule has 7 heteroatoms. The molecule has 0 aromatic heterocycles. The van der Waals surface area contributed by atoms with Crippen molar-refractivity contribution >= 4 is 31.9 Å². The molecule has 0 radical (unpaired) electrons. The summed E-state index contributed by atoms with van der Waals surface area (Å²) < 4.78 is 27.4. The van der Waals surface area contributed by atoms with Gasteiger partial charge in [-0.25, -0.2) is 13.1 Å². The van der Waals surface area contributed by atoms with Gasteiger partial charge < -0.3 is 5.11 Å². The zero-order chi connectivity index (χ0) is 14.8. The van der Waals surface area contributed by atoms with Crippen molar-refractivity contribution in [2.24, 2.45) is 5.41 Å². The summed E-state index contributed by atoms with van der Waals surface area (Å²) in [5.41, 5.74) is -0.964. The van der Waals surface area contributed by atoms with E-state index >= 15 is 0 Å². The minimum atomic E-state index is -3.71. The molecule has 5 nitrogen and oxygen atoms in total. The van der Waals surface area contributed by atoms with Crippen molar-refractivity contribution in [2.45, 2.75) is 30.6 Å². The zero-order valence-electron chi connectivity index (χ0n) is 10.8. The van der Waals surface area contributed by atoms with E-state index in [1.165, 1.54) is 6.07 Å². The quantitative estimate of drug-likeness (QED) is 0.843.